The summed E-state index contributed by atoms with van der Waals surface area (Å²) in [6, 6.07) is 16.3. The van der Waals surface area contributed by atoms with Crippen molar-refractivity contribution in [3.63, 3.8) is 0 Å². The number of aliphatic hydroxyl groups is 1. The Kier molecular flexibility index (Phi) is 4.99. The summed E-state index contributed by atoms with van der Waals surface area (Å²) in [5.74, 6) is 0.574. The molecule has 100 valence electrons. The molecule has 2 aromatic rings. The van der Waals surface area contributed by atoms with Gasteiger partial charge in [0.15, 0.2) is 0 Å². The second kappa shape index (κ2) is 6.53. The molecule has 0 amide bonds. The van der Waals surface area contributed by atoms with E-state index < -0.39 is 6.10 Å². The van der Waals surface area contributed by atoms with Crippen LogP contribution >= 0.6 is 22.6 Å². The van der Waals surface area contributed by atoms with Crippen molar-refractivity contribution in [2.24, 2.45) is 0 Å². The predicted octanol–water partition coefficient (Wildman–Crippen LogP) is 4.89. The molecule has 0 saturated heterocycles. The van der Waals surface area contributed by atoms with Crippen LogP contribution < -0.4 is 0 Å². The zero-order chi connectivity index (χ0) is 13.8. The number of benzene rings is 2. The summed E-state index contributed by atoms with van der Waals surface area (Å²) < 4.78 is 1.18. The summed E-state index contributed by atoms with van der Waals surface area (Å²) in [5, 5.41) is 10.4. The predicted molar refractivity (Wildman–Crippen MR) is 88.4 cm³/mol. The average Bonchev–Trinajstić information content (AvgIpc) is 2.46. The van der Waals surface area contributed by atoms with Gasteiger partial charge in [0, 0.05) is 3.57 Å². The molecule has 2 atom stereocenters. The van der Waals surface area contributed by atoms with E-state index in [4.69, 9.17) is 0 Å². The highest BCUT2D eigenvalue weighted by Crippen LogP contribution is 2.25. The normalized spacial score (nSPS) is 14.1. The Hall–Kier alpha value is -0.870. The van der Waals surface area contributed by atoms with E-state index in [1.54, 1.807) is 0 Å². The molecule has 0 heterocycles. The van der Waals surface area contributed by atoms with Crippen LogP contribution in [0.2, 0.25) is 0 Å². The lowest BCUT2D eigenvalue weighted by Crippen LogP contribution is -2.00. The summed E-state index contributed by atoms with van der Waals surface area (Å²) in [6.45, 7) is 4.42. The average molecular weight is 366 g/mol. The van der Waals surface area contributed by atoms with Crippen molar-refractivity contribution >= 4 is 22.6 Å². The van der Waals surface area contributed by atoms with Gasteiger partial charge in [-0.2, -0.15) is 0 Å². The number of rotatable bonds is 4. The first kappa shape index (κ1) is 14.5. The van der Waals surface area contributed by atoms with Crippen molar-refractivity contribution in [3.8, 4) is 0 Å². The van der Waals surface area contributed by atoms with E-state index in [9.17, 15) is 5.11 Å². The molecule has 2 heteroatoms. The van der Waals surface area contributed by atoms with Gasteiger partial charge in [-0.05, 0) is 63.8 Å². The third-order valence-corrected chi connectivity index (χ3v) is 4.34. The van der Waals surface area contributed by atoms with E-state index in [-0.39, 0.29) is 0 Å². The smallest absolute Gasteiger partial charge is 0.104 e. The molecule has 0 aliphatic rings. The van der Waals surface area contributed by atoms with Crippen molar-refractivity contribution in [1.82, 2.24) is 0 Å². The van der Waals surface area contributed by atoms with Crippen LogP contribution in [0.15, 0.2) is 48.5 Å². The minimum Gasteiger partial charge on any atom is -0.384 e. The van der Waals surface area contributed by atoms with Gasteiger partial charge in [0.1, 0.15) is 6.10 Å². The first-order valence-electron chi connectivity index (χ1n) is 6.65. The third kappa shape index (κ3) is 3.57. The van der Waals surface area contributed by atoms with Crippen LogP contribution in [-0.2, 0) is 0 Å². The molecule has 0 fully saturated rings. The molecule has 0 aliphatic carbocycles. The van der Waals surface area contributed by atoms with Gasteiger partial charge in [0.2, 0.25) is 0 Å². The van der Waals surface area contributed by atoms with Crippen LogP contribution in [0.5, 0.6) is 0 Å². The molecule has 2 unspecified atom stereocenters. The summed E-state index contributed by atoms with van der Waals surface area (Å²) in [6.07, 6.45) is 0.599. The second-order valence-electron chi connectivity index (χ2n) is 4.93. The van der Waals surface area contributed by atoms with Crippen molar-refractivity contribution in [1.29, 1.82) is 0 Å². The van der Waals surface area contributed by atoms with Crippen LogP contribution in [0.1, 0.15) is 49.0 Å². The van der Waals surface area contributed by atoms with Gasteiger partial charge in [-0.1, -0.05) is 50.2 Å². The Morgan fingerprint density at radius 3 is 1.79 bits per heavy atom. The van der Waals surface area contributed by atoms with Gasteiger partial charge in [-0.15, -0.1) is 0 Å². The second-order valence-corrected chi connectivity index (χ2v) is 6.18. The maximum atomic E-state index is 10.4. The molecular weight excluding hydrogens is 347 g/mol. The van der Waals surface area contributed by atoms with Gasteiger partial charge in [0.25, 0.3) is 0 Å². The van der Waals surface area contributed by atoms with Gasteiger partial charge in [-0.25, -0.2) is 0 Å². The van der Waals surface area contributed by atoms with Crippen LogP contribution in [0, 0.1) is 3.57 Å². The number of hydrogen-bond acceptors (Lipinski definition) is 1. The van der Waals surface area contributed by atoms with Crippen LogP contribution in [0.3, 0.4) is 0 Å². The largest absolute Gasteiger partial charge is 0.384 e. The molecule has 1 N–H and O–H groups in total. The monoisotopic (exact) mass is 366 g/mol. The first-order valence-corrected chi connectivity index (χ1v) is 7.73. The number of aliphatic hydroxyl groups excluding tert-OH is 1. The molecule has 0 aromatic heterocycles. The minimum absolute atomic E-state index is 0.539. The van der Waals surface area contributed by atoms with Crippen molar-refractivity contribution in [2.45, 2.75) is 32.3 Å². The maximum absolute atomic E-state index is 10.4. The van der Waals surface area contributed by atoms with Gasteiger partial charge >= 0.3 is 0 Å². The molecule has 0 aliphatic heterocycles. The standard InChI is InChI=1S/C17H19IO/c1-3-12(2)13-4-6-14(7-5-13)17(19)15-8-10-16(18)11-9-15/h4-12,17,19H,3H2,1-2H3. The van der Waals surface area contributed by atoms with E-state index in [1.807, 2.05) is 36.4 Å². The quantitative estimate of drug-likeness (QED) is 0.765. The Morgan fingerprint density at radius 1 is 0.895 bits per heavy atom. The minimum atomic E-state index is -0.539. The van der Waals surface area contributed by atoms with E-state index in [1.165, 1.54) is 9.13 Å². The van der Waals surface area contributed by atoms with Crippen molar-refractivity contribution in [2.75, 3.05) is 0 Å². The number of hydrogen-bond donors (Lipinski definition) is 1. The van der Waals surface area contributed by atoms with Crippen molar-refractivity contribution in [3.05, 3.63) is 68.8 Å². The topological polar surface area (TPSA) is 20.2 Å². The van der Waals surface area contributed by atoms with Crippen LogP contribution in [0.25, 0.3) is 0 Å². The van der Waals surface area contributed by atoms with Crippen molar-refractivity contribution < 1.29 is 5.11 Å². The van der Waals surface area contributed by atoms with E-state index in [2.05, 4.69) is 48.6 Å². The Bertz CT molecular complexity index is 516. The van der Waals surface area contributed by atoms with E-state index in [0.29, 0.717) is 5.92 Å². The molecule has 1 nitrogen and oxygen atoms in total. The molecule has 0 bridgehead atoms. The summed E-state index contributed by atoms with van der Waals surface area (Å²) in [5.41, 5.74) is 3.23. The van der Waals surface area contributed by atoms with E-state index in [0.717, 1.165) is 17.5 Å². The molecular formula is C17H19IO. The highest BCUT2D eigenvalue weighted by Gasteiger charge is 2.11. The zero-order valence-corrected chi connectivity index (χ0v) is 13.5. The molecule has 2 rings (SSSR count). The molecule has 19 heavy (non-hydrogen) atoms. The molecule has 0 radical (unpaired) electrons. The van der Waals surface area contributed by atoms with Crippen LogP contribution in [0.4, 0.5) is 0 Å². The Balaban J connectivity index is 2.19. The molecule has 2 aromatic carbocycles. The SMILES string of the molecule is CCC(C)c1ccc(C(O)c2ccc(I)cc2)cc1. The fraction of sp³-hybridized carbons (Fsp3) is 0.294. The highest BCUT2D eigenvalue weighted by molar-refractivity contribution is 14.1. The zero-order valence-electron chi connectivity index (χ0n) is 11.3. The van der Waals surface area contributed by atoms with Gasteiger partial charge in [-0.3, -0.25) is 0 Å². The summed E-state index contributed by atoms with van der Waals surface area (Å²) in [7, 11) is 0. The highest BCUT2D eigenvalue weighted by atomic mass is 127. The van der Waals surface area contributed by atoms with Crippen LogP contribution in [-0.4, -0.2) is 5.11 Å². The van der Waals surface area contributed by atoms with Gasteiger partial charge < -0.3 is 5.11 Å². The first-order chi connectivity index (χ1) is 9.11. The lowest BCUT2D eigenvalue weighted by Gasteiger charge is -2.14. The Morgan fingerprint density at radius 2 is 1.32 bits per heavy atom. The lowest BCUT2D eigenvalue weighted by molar-refractivity contribution is 0.220. The Labute approximate surface area is 128 Å². The molecule has 0 spiro atoms. The fourth-order valence-corrected chi connectivity index (χ4v) is 2.44. The molecule has 0 saturated carbocycles. The summed E-state index contributed by atoms with van der Waals surface area (Å²) >= 11 is 2.27. The maximum Gasteiger partial charge on any atom is 0.104 e. The number of halogens is 1. The third-order valence-electron chi connectivity index (χ3n) is 3.62. The lowest BCUT2D eigenvalue weighted by atomic mass is 9.95. The van der Waals surface area contributed by atoms with E-state index >= 15 is 0 Å². The van der Waals surface area contributed by atoms with Gasteiger partial charge in [0.05, 0.1) is 0 Å². The fourth-order valence-electron chi connectivity index (χ4n) is 2.08. The summed E-state index contributed by atoms with van der Waals surface area (Å²) in [4.78, 5) is 0.